The minimum Gasteiger partial charge on any atom is -0.465 e. The zero-order valence-electron chi connectivity index (χ0n) is 26.0. The van der Waals surface area contributed by atoms with Crippen LogP contribution in [0.15, 0.2) is 48.8 Å². The maximum Gasteiger partial charge on any atom is 0.459 e. The number of imidazole rings is 1. The SMILES string of the molecule is CCCCCOC(=O)[C@H](CC(C)C)NP(=O)(Oc1cccc2ccccc12)OC1C[C@H](n2cnc3c(N)nc(Cl)nc32)O[C@@H]1CO. The van der Waals surface area contributed by atoms with E-state index in [9.17, 15) is 14.5 Å². The van der Waals surface area contributed by atoms with Gasteiger partial charge in [0.05, 0.1) is 19.5 Å². The number of esters is 1. The number of hydrogen-bond donors (Lipinski definition) is 3. The number of ether oxygens (including phenoxy) is 2. The normalized spacial score (nSPS) is 20.3. The molecule has 2 unspecified atom stereocenters. The Labute approximate surface area is 272 Å². The Balaban J connectivity index is 1.46. The van der Waals surface area contributed by atoms with E-state index >= 15 is 0 Å². The Hall–Kier alpha value is -3.32. The first-order chi connectivity index (χ1) is 22.1. The van der Waals surface area contributed by atoms with Crippen LogP contribution >= 0.6 is 19.3 Å². The summed E-state index contributed by atoms with van der Waals surface area (Å²) in [5.41, 5.74) is 6.64. The molecule has 3 heterocycles. The highest BCUT2D eigenvalue weighted by Crippen LogP contribution is 2.51. The number of unbranched alkanes of at least 4 members (excludes halogenated alkanes) is 2. The van der Waals surface area contributed by atoms with Crippen LogP contribution < -0.4 is 15.3 Å². The van der Waals surface area contributed by atoms with Crippen LogP contribution in [0.4, 0.5) is 5.82 Å². The lowest BCUT2D eigenvalue weighted by atomic mass is 10.1. The van der Waals surface area contributed by atoms with Crippen molar-refractivity contribution in [2.75, 3.05) is 18.9 Å². The third-order valence-electron chi connectivity index (χ3n) is 7.63. The van der Waals surface area contributed by atoms with Gasteiger partial charge in [0.25, 0.3) is 0 Å². The third kappa shape index (κ3) is 7.96. The molecule has 4 aromatic rings. The van der Waals surface area contributed by atoms with Gasteiger partial charge in [-0.05, 0) is 41.8 Å². The number of aliphatic hydroxyl groups is 1. The van der Waals surface area contributed by atoms with Gasteiger partial charge in [0.1, 0.15) is 35.7 Å². The molecule has 0 spiro atoms. The zero-order valence-corrected chi connectivity index (χ0v) is 27.7. The number of rotatable bonds is 15. The fourth-order valence-electron chi connectivity index (χ4n) is 5.42. The van der Waals surface area contributed by atoms with Crippen molar-refractivity contribution in [2.24, 2.45) is 5.92 Å². The van der Waals surface area contributed by atoms with E-state index in [1.165, 1.54) is 6.33 Å². The van der Waals surface area contributed by atoms with E-state index in [0.29, 0.717) is 28.7 Å². The summed E-state index contributed by atoms with van der Waals surface area (Å²) in [4.78, 5) is 25.8. The number of hydrogen-bond acceptors (Lipinski definition) is 11. The summed E-state index contributed by atoms with van der Waals surface area (Å²) in [6.07, 6.45) is 1.96. The van der Waals surface area contributed by atoms with Gasteiger partial charge < -0.3 is 24.8 Å². The predicted molar refractivity (Wildman–Crippen MR) is 174 cm³/mol. The van der Waals surface area contributed by atoms with Crippen LogP contribution in [0.1, 0.15) is 59.1 Å². The van der Waals surface area contributed by atoms with E-state index in [-0.39, 0.29) is 30.0 Å². The zero-order chi connectivity index (χ0) is 32.8. The van der Waals surface area contributed by atoms with Gasteiger partial charge >= 0.3 is 13.7 Å². The van der Waals surface area contributed by atoms with Crippen LogP contribution in [0.5, 0.6) is 5.75 Å². The van der Waals surface area contributed by atoms with Crippen molar-refractivity contribution in [3.05, 3.63) is 54.1 Å². The average Bonchev–Trinajstić information content (AvgIpc) is 3.62. The number of nitrogens with one attached hydrogen (secondary N) is 1. The van der Waals surface area contributed by atoms with Crippen LogP contribution in [0.3, 0.4) is 0 Å². The van der Waals surface area contributed by atoms with Gasteiger partial charge in [-0.15, -0.1) is 0 Å². The van der Waals surface area contributed by atoms with Crippen LogP contribution in [0.25, 0.3) is 21.9 Å². The number of nitrogen functional groups attached to an aromatic ring is 1. The van der Waals surface area contributed by atoms with Crippen molar-refractivity contribution >= 4 is 53.1 Å². The number of carbonyl (C=O) groups is 1. The van der Waals surface area contributed by atoms with Gasteiger partial charge in [-0.1, -0.05) is 70.0 Å². The second-order valence-corrected chi connectivity index (χ2v) is 13.6. The van der Waals surface area contributed by atoms with Gasteiger partial charge in [0.15, 0.2) is 11.5 Å². The molecule has 0 aliphatic carbocycles. The molecule has 5 rings (SSSR count). The van der Waals surface area contributed by atoms with Gasteiger partial charge in [0, 0.05) is 11.8 Å². The van der Waals surface area contributed by atoms with Crippen LogP contribution in [0, 0.1) is 5.92 Å². The first-order valence-electron chi connectivity index (χ1n) is 15.4. The van der Waals surface area contributed by atoms with Crippen molar-refractivity contribution in [1.82, 2.24) is 24.6 Å². The number of halogens is 1. The molecule has 5 atom stereocenters. The molecule has 15 heteroatoms. The Kier molecular flexibility index (Phi) is 11.1. The van der Waals surface area contributed by atoms with Crippen molar-refractivity contribution in [1.29, 1.82) is 0 Å². The number of aliphatic hydroxyl groups excluding tert-OH is 1. The second-order valence-electron chi connectivity index (χ2n) is 11.6. The molecular weight excluding hydrogens is 635 g/mol. The predicted octanol–water partition coefficient (Wildman–Crippen LogP) is 5.80. The molecule has 0 bridgehead atoms. The molecule has 1 fully saturated rings. The van der Waals surface area contributed by atoms with Crippen molar-refractivity contribution in [3.8, 4) is 5.75 Å². The Bertz CT molecular complexity index is 1700. The lowest BCUT2D eigenvalue weighted by molar-refractivity contribution is -0.146. The minimum absolute atomic E-state index is 0.0480. The summed E-state index contributed by atoms with van der Waals surface area (Å²) < 4.78 is 40.6. The first-order valence-corrected chi connectivity index (χ1v) is 17.3. The molecule has 1 saturated heterocycles. The van der Waals surface area contributed by atoms with Gasteiger partial charge in [0.2, 0.25) is 5.28 Å². The molecule has 2 aromatic carbocycles. The van der Waals surface area contributed by atoms with E-state index < -0.39 is 44.8 Å². The smallest absolute Gasteiger partial charge is 0.459 e. The molecule has 1 aliphatic heterocycles. The van der Waals surface area contributed by atoms with Gasteiger partial charge in [-0.25, -0.2) is 9.55 Å². The first kappa shape index (κ1) is 34.0. The number of fused-ring (bicyclic) bond motifs is 2. The number of nitrogens with two attached hydrogens (primary N) is 1. The highest BCUT2D eigenvalue weighted by atomic mass is 35.5. The number of carbonyl (C=O) groups excluding carboxylic acids is 1. The Morgan fingerprint density at radius 3 is 2.76 bits per heavy atom. The maximum absolute atomic E-state index is 14.8. The molecule has 248 valence electrons. The number of nitrogens with zero attached hydrogens (tertiary/aromatic N) is 4. The average molecular weight is 675 g/mol. The van der Waals surface area contributed by atoms with Crippen LogP contribution in [0.2, 0.25) is 5.28 Å². The summed E-state index contributed by atoms with van der Waals surface area (Å²) in [6.45, 7) is 5.76. The van der Waals surface area contributed by atoms with Crippen molar-refractivity contribution in [3.63, 3.8) is 0 Å². The molecule has 0 radical (unpaired) electrons. The standard InChI is InChI=1S/C31H40ClN6O7P/c1-4-5-8-14-42-30(40)22(15-19(2)3)37-46(41,44-23-13-9-11-20-10-6-7-12-21(20)23)45-24-16-26(43-25(24)17-39)38-18-34-27-28(33)35-31(32)36-29(27)38/h6-7,9-13,18-19,22,24-26,39H,4-5,8,14-17H2,1-3H3,(H,37,41)(H2,33,35,36)/t22-,24?,25+,26+,46?/m0/s1. The Morgan fingerprint density at radius 2 is 2.00 bits per heavy atom. The summed E-state index contributed by atoms with van der Waals surface area (Å²) >= 11 is 6.06. The van der Waals surface area contributed by atoms with Crippen LogP contribution in [-0.2, 0) is 23.4 Å². The molecule has 4 N–H and O–H groups in total. The highest BCUT2D eigenvalue weighted by Gasteiger charge is 2.45. The molecule has 0 amide bonds. The summed E-state index contributed by atoms with van der Waals surface area (Å²) in [6, 6.07) is 11.9. The largest absolute Gasteiger partial charge is 0.465 e. The summed E-state index contributed by atoms with van der Waals surface area (Å²) in [7, 11) is -4.36. The van der Waals surface area contributed by atoms with Gasteiger partial charge in [-0.2, -0.15) is 15.1 Å². The monoisotopic (exact) mass is 674 g/mol. The molecule has 2 aromatic heterocycles. The topological polar surface area (TPSA) is 173 Å². The number of anilines is 1. The lowest BCUT2D eigenvalue weighted by Crippen LogP contribution is -2.40. The van der Waals surface area contributed by atoms with Gasteiger partial charge in [-0.3, -0.25) is 13.9 Å². The molecular formula is C31H40ClN6O7P. The minimum atomic E-state index is -4.36. The van der Waals surface area contributed by atoms with Crippen molar-refractivity contribution < 1.29 is 33.0 Å². The summed E-state index contributed by atoms with van der Waals surface area (Å²) in [5.74, 6) is -0.0968. The number of aromatic nitrogens is 4. The van der Waals surface area contributed by atoms with E-state index in [1.54, 1.807) is 16.7 Å². The third-order valence-corrected chi connectivity index (χ3v) is 9.41. The molecule has 46 heavy (non-hydrogen) atoms. The van der Waals surface area contributed by atoms with E-state index in [0.717, 1.165) is 24.6 Å². The van der Waals surface area contributed by atoms with Crippen molar-refractivity contribution in [2.45, 2.75) is 77.4 Å². The quantitative estimate of drug-likeness (QED) is 0.0599. The maximum atomic E-state index is 14.8. The molecule has 0 saturated carbocycles. The second kappa shape index (κ2) is 15.1. The summed E-state index contributed by atoms with van der Waals surface area (Å²) in [5, 5.41) is 14.7. The van der Waals surface area contributed by atoms with E-state index in [1.807, 2.05) is 44.2 Å². The molecule has 13 nitrogen and oxygen atoms in total. The van der Waals surface area contributed by atoms with E-state index in [2.05, 4.69) is 27.0 Å². The van der Waals surface area contributed by atoms with Crippen LogP contribution in [-0.4, -0.2) is 62.1 Å². The molecule has 1 aliphatic rings. The fraction of sp³-hybridized carbons (Fsp3) is 0.484. The Morgan fingerprint density at radius 1 is 1.22 bits per heavy atom. The van der Waals surface area contributed by atoms with E-state index in [4.69, 9.17) is 35.9 Å². The number of benzene rings is 2. The lowest BCUT2D eigenvalue weighted by Gasteiger charge is -2.28. The highest BCUT2D eigenvalue weighted by molar-refractivity contribution is 7.52. The fourth-order valence-corrected chi connectivity index (χ4v) is 7.33.